The molecule has 0 radical (unpaired) electrons. The van der Waals surface area contributed by atoms with Crippen LogP contribution in [-0.2, 0) is 11.0 Å². The van der Waals surface area contributed by atoms with Gasteiger partial charge in [-0.2, -0.15) is 13.2 Å². The zero-order chi connectivity index (χ0) is 19.8. The fourth-order valence-corrected chi connectivity index (χ4v) is 2.84. The highest BCUT2D eigenvalue weighted by Gasteiger charge is 2.34. The minimum Gasteiger partial charge on any atom is -0.389 e. The van der Waals surface area contributed by atoms with E-state index in [1.165, 1.54) is 37.4 Å². The molecule has 0 aliphatic heterocycles. The first-order valence-electron chi connectivity index (χ1n) is 8.01. The summed E-state index contributed by atoms with van der Waals surface area (Å²) in [5, 5.41) is 10.3. The van der Waals surface area contributed by atoms with Gasteiger partial charge >= 0.3 is 6.18 Å². The number of aliphatic hydroxyl groups is 1. The Hall–Kier alpha value is -3.13. The van der Waals surface area contributed by atoms with E-state index in [4.69, 9.17) is 5.73 Å². The number of carbonyl (C=O) groups is 1. The standard InChI is InChI=1S/C19H16F3N3O2/c1-10(26)14-4-2-11(7-16(14)19(20,21)22)13-6-15-12(3-5-17(23)27)8-24-18(15)25-9-13/h2-10,26H,1H3,(H2,23,27)(H,24,25)/b5-3+/t10-/m1/s1. The van der Waals surface area contributed by atoms with E-state index in [0.717, 1.165) is 6.07 Å². The monoisotopic (exact) mass is 375 g/mol. The predicted octanol–water partition coefficient (Wildman–Crippen LogP) is 3.80. The molecule has 1 amide bonds. The fourth-order valence-electron chi connectivity index (χ4n) is 2.84. The van der Waals surface area contributed by atoms with E-state index in [1.54, 1.807) is 12.3 Å². The van der Waals surface area contributed by atoms with Crippen molar-refractivity contribution >= 4 is 23.0 Å². The summed E-state index contributed by atoms with van der Waals surface area (Å²) in [6, 6.07) is 5.44. The molecule has 1 atom stereocenters. The number of nitrogens with one attached hydrogen (secondary N) is 1. The molecule has 0 aliphatic rings. The topological polar surface area (TPSA) is 92.0 Å². The Morgan fingerprint density at radius 2 is 2.04 bits per heavy atom. The number of rotatable bonds is 4. The molecule has 3 rings (SSSR count). The van der Waals surface area contributed by atoms with Crippen LogP contribution < -0.4 is 5.73 Å². The van der Waals surface area contributed by atoms with Gasteiger partial charge in [0.05, 0.1) is 11.7 Å². The van der Waals surface area contributed by atoms with Gasteiger partial charge in [0, 0.05) is 35.0 Å². The SMILES string of the molecule is C[C@@H](O)c1ccc(-c2cnc3[nH]cc(/C=C/C(N)=O)c3c2)cc1C(F)(F)F. The van der Waals surface area contributed by atoms with Crippen LogP contribution in [0.3, 0.4) is 0 Å². The number of alkyl halides is 3. The quantitative estimate of drug-likeness (QED) is 0.606. The number of hydrogen-bond donors (Lipinski definition) is 3. The van der Waals surface area contributed by atoms with Crippen molar-refractivity contribution in [1.82, 2.24) is 9.97 Å². The number of hydrogen-bond acceptors (Lipinski definition) is 3. The highest BCUT2D eigenvalue weighted by atomic mass is 19.4. The molecular formula is C19H16F3N3O2. The second kappa shape index (κ2) is 6.88. The number of aromatic amines is 1. The molecule has 140 valence electrons. The molecule has 3 aromatic rings. The second-order valence-electron chi connectivity index (χ2n) is 6.08. The Labute approximate surface area is 152 Å². The van der Waals surface area contributed by atoms with E-state index < -0.39 is 23.8 Å². The third-order valence-corrected chi connectivity index (χ3v) is 4.13. The minimum absolute atomic E-state index is 0.188. The highest BCUT2D eigenvalue weighted by molar-refractivity contribution is 5.95. The van der Waals surface area contributed by atoms with Crippen molar-refractivity contribution < 1.29 is 23.1 Å². The normalized spacial score (nSPS) is 13.4. The number of aromatic nitrogens is 2. The first-order valence-corrected chi connectivity index (χ1v) is 8.01. The summed E-state index contributed by atoms with van der Waals surface area (Å²) in [6.45, 7) is 1.29. The summed E-state index contributed by atoms with van der Waals surface area (Å²) in [7, 11) is 0. The zero-order valence-electron chi connectivity index (χ0n) is 14.2. The van der Waals surface area contributed by atoms with Gasteiger partial charge in [-0.3, -0.25) is 4.79 Å². The molecule has 2 heterocycles. The number of pyridine rings is 1. The lowest BCUT2D eigenvalue weighted by atomic mass is 9.96. The third kappa shape index (κ3) is 3.85. The number of aliphatic hydroxyl groups excluding tert-OH is 1. The van der Waals surface area contributed by atoms with Gasteiger partial charge in [-0.05, 0) is 36.3 Å². The second-order valence-corrected chi connectivity index (χ2v) is 6.08. The number of primary amides is 1. The number of fused-ring (bicyclic) bond motifs is 1. The van der Waals surface area contributed by atoms with Crippen LogP contribution in [0.2, 0.25) is 0 Å². The molecule has 4 N–H and O–H groups in total. The van der Waals surface area contributed by atoms with Gasteiger partial charge < -0.3 is 15.8 Å². The van der Waals surface area contributed by atoms with Crippen LogP contribution in [0.4, 0.5) is 13.2 Å². The highest BCUT2D eigenvalue weighted by Crippen LogP contribution is 2.37. The molecule has 0 saturated carbocycles. The molecule has 0 aliphatic carbocycles. The summed E-state index contributed by atoms with van der Waals surface area (Å²) in [4.78, 5) is 18.1. The first kappa shape index (κ1) is 18.7. The molecular weight excluding hydrogens is 359 g/mol. The van der Waals surface area contributed by atoms with Crippen molar-refractivity contribution in [3.63, 3.8) is 0 Å². The molecule has 0 fully saturated rings. The molecule has 1 aromatic carbocycles. The lowest BCUT2D eigenvalue weighted by Crippen LogP contribution is -2.11. The molecule has 8 heteroatoms. The summed E-state index contributed by atoms with van der Waals surface area (Å²) in [5.41, 5.74) is 5.96. The van der Waals surface area contributed by atoms with Crippen LogP contribution in [0, 0.1) is 0 Å². The van der Waals surface area contributed by atoms with Crippen molar-refractivity contribution in [1.29, 1.82) is 0 Å². The number of carbonyl (C=O) groups excluding carboxylic acids is 1. The van der Waals surface area contributed by atoms with Crippen molar-refractivity contribution in [3.8, 4) is 11.1 Å². The Morgan fingerprint density at radius 1 is 1.30 bits per heavy atom. The first-order chi connectivity index (χ1) is 12.7. The molecule has 27 heavy (non-hydrogen) atoms. The Kier molecular flexibility index (Phi) is 4.75. The summed E-state index contributed by atoms with van der Waals surface area (Å²) in [5.74, 6) is -0.614. The molecule has 0 saturated heterocycles. The van der Waals surface area contributed by atoms with E-state index >= 15 is 0 Å². The van der Waals surface area contributed by atoms with Gasteiger partial charge in [-0.1, -0.05) is 12.1 Å². The van der Waals surface area contributed by atoms with Crippen LogP contribution in [-0.4, -0.2) is 21.0 Å². The average molecular weight is 375 g/mol. The number of H-pyrrole nitrogens is 1. The Balaban J connectivity index is 2.12. The lowest BCUT2D eigenvalue weighted by molar-refractivity contribution is -0.139. The van der Waals surface area contributed by atoms with Crippen LogP contribution in [0.5, 0.6) is 0 Å². The van der Waals surface area contributed by atoms with E-state index in [1.807, 2.05) is 0 Å². The number of nitrogens with two attached hydrogens (primary N) is 1. The van der Waals surface area contributed by atoms with Crippen molar-refractivity contribution in [2.45, 2.75) is 19.2 Å². The minimum atomic E-state index is -4.59. The molecule has 0 spiro atoms. The number of benzene rings is 1. The number of nitrogens with zero attached hydrogens (tertiary/aromatic N) is 1. The number of amides is 1. The molecule has 0 unspecified atom stereocenters. The van der Waals surface area contributed by atoms with Crippen LogP contribution in [0.25, 0.3) is 28.2 Å². The van der Waals surface area contributed by atoms with Gasteiger partial charge in [0.2, 0.25) is 5.91 Å². The maximum absolute atomic E-state index is 13.4. The smallest absolute Gasteiger partial charge is 0.389 e. The van der Waals surface area contributed by atoms with Gasteiger partial charge in [-0.15, -0.1) is 0 Å². The van der Waals surface area contributed by atoms with Gasteiger partial charge in [0.1, 0.15) is 5.65 Å². The van der Waals surface area contributed by atoms with E-state index in [9.17, 15) is 23.1 Å². The van der Waals surface area contributed by atoms with Crippen LogP contribution in [0.1, 0.15) is 29.7 Å². The van der Waals surface area contributed by atoms with Crippen molar-refractivity contribution in [2.75, 3.05) is 0 Å². The zero-order valence-corrected chi connectivity index (χ0v) is 14.2. The maximum Gasteiger partial charge on any atom is 0.416 e. The van der Waals surface area contributed by atoms with Gasteiger partial charge in [0.25, 0.3) is 0 Å². The summed E-state index contributed by atoms with van der Waals surface area (Å²) < 4.78 is 40.1. The van der Waals surface area contributed by atoms with Crippen molar-refractivity contribution in [2.24, 2.45) is 5.73 Å². The van der Waals surface area contributed by atoms with Crippen LogP contribution >= 0.6 is 0 Å². The maximum atomic E-state index is 13.4. The largest absolute Gasteiger partial charge is 0.416 e. The van der Waals surface area contributed by atoms with Crippen molar-refractivity contribution in [3.05, 3.63) is 59.4 Å². The molecule has 2 aromatic heterocycles. The third-order valence-electron chi connectivity index (χ3n) is 4.13. The lowest BCUT2D eigenvalue weighted by Gasteiger charge is -2.16. The fraction of sp³-hybridized carbons (Fsp3) is 0.158. The van der Waals surface area contributed by atoms with E-state index in [0.29, 0.717) is 27.7 Å². The van der Waals surface area contributed by atoms with E-state index in [-0.39, 0.29) is 5.56 Å². The molecule has 5 nitrogen and oxygen atoms in total. The Morgan fingerprint density at radius 3 is 2.67 bits per heavy atom. The van der Waals surface area contributed by atoms with Crippen LogP contribution in [0.15, 0.2) is 42.7 Å². The summed E-state index contributed by atoms with van der Waals surface area (Å²) >= 11 is 0. The van der Waals surface area contributed by atoms with Gasteiger partial charge in [-0.25, -0.2) is 4.98 Å². The Bertz CT molecular complexity index is 1040. The number of halogens is 3. The summed E-state index contributed by atoms with van der Waals surface area (Å²) in [6.07, 6.45) is -0.0648. The molecule has 0 bridgehead atoms. The van der Waals surface area contributed by atoms with Gasteiger partial charge in [0.15, 0.2) is 0 Å². The van der Waals surface area contributed by atoms with E-state index in [2.05, 4.69) is 9.97 Å². The predicted molar refractivity (Wildman–Crippen MR) is 95.4 cm³/mol. The average Bonchev–Trinajstić information content (AvgIpc) is 3.00.